The second-order valence-corrected chi connectivity index (χ2v) is 2.81. The fourth-order valence-electron chi connectivity index (χ4n) is 1.06. The lowest BCUT2D eigenvalue weighted by Gasteiger charge is -2.09. The van der Waals surface area contributed by atoms with Gasteiger partial charge in [0.05, 0.1) is 16.5 Å². The van der Waals surface area contributed by atoms with Crippen LogP contribution in [0.1, 0.15) is 11.3 Å². The van der Waals surface area contributed by atoms with Crippen LogP contribution in [0.15, 0.2) is 12.3 Å². The van der Waals surface area contributed by atoms with Gasteiger partial charge in [0.2, 0.25) is 0 Å². The Labute approximate surface area is 86.8 Å². The van der Waals surface area contributed by atoms with Gasteiger partial charge in [0.25, 0.3) is 5.69 Å². The van der Waals surface area contributed by atoms with Crippen molar-refractivity contribution < 1.29 is 18.1 Å². The lowest BCUT2D eigenvalue weighted by atomic mass is 10.1. The maximum absolute atomic E-state index is 12.5. The number of hydrogen-bond donors (Lipinski definition) is 0. The normalized spacial score (nSPS) is 11.5. The highest BCUT2D eigenvalue weighted by atomic mass is 35.5. The van der Waals surface area contributed by atoms with E-state index < -0.39 is 33.9 Å². The van der Waals surface area contributed by atoms with Crippen LogP contribution in [-0.2, 0) is 12.1 Å². The third-order valence-electron chi connectivity index (χ3n) is 1.61. The summed E-state index contributed by atoms with van der Waals surface area (Å²) in [7, 11) is 0. The van der Waals surface area contributed by atoms with Crippen molar-refractivity contribution in [2.75, 3.05) is 0 Å². The Morgan fingerprint density at radius 2 is 2.13 bits per heavy atom. The molecule has 0 atom stereocenters. The average Bonchev–Trinajstić information content (AvgIpc) is 2.15. The van der Waals surface area contributed by atoms with Gasteiger partial charge in [-0.1, -0.05) is 0 Å². The molecule has 0 N–H and O–H groups in total. The Balaban J connectivity index is 3.47. The van der Waals surface area contributed by atoms with E-state index in [4.69, 9.17) is 11.6 Å². The Morgan fingerprint density at radius 3 is 2.53 bits per heavy atom. The number of rotatable bonds is 2. The fourth-order valence-corrected chi connectivity index (χ4v) is 1.26. The van der Waals surface area contributed by atoms with Gasteiger partial charge in [-0.15, -0.1) is 11.6 Å². The average molecular weight is 241 g/mol. The highest BCUT2D eigenvalue weighted by Gasteiger charge is 2.41. The van der Waals surface area contributed by atoms with Crippen molar-refractivity contribution in [1.29, 1.82) is 0 Å². The van der Waals surface area contributed by atoms with Crippen molar-refractivity contribution in [2.24, 2.45) is 0 Å². The minimum atomic E-state index is -4.83. The summed E-state index contributed by atoms with van der Waals surface area (Å²) in [5.41, 5.74) is -2.96. The van der Waals surface area contributed by atoms with Gasteiger partial charge >= 0.3 is 6.18 Å². The summed E-state index contributed by atoms with van der Waals surface area (Å²) in [5.74, 6) is -0.531. The molecule has 0 aliphatic heterocycles. The van der Waals surface area contributed by atoms with Crippen LogP contribution >= 0.6 is 11.6 Å². The smallest absolute Gasteiger partial charge is 0.259 e. The molecule has 0 aliphatic carbocycles. The summed E-state index contributed by atoms with van der Waals surface area (Å²) in [4.78, 5) is 12.6. The topological polar surface area (TPSA) is 56.0 Å². The van der Waals surface area contributed by atoms with E-state index in [9.17, 15) is 23.3 Å². The Morgan fingerprint density at radius 1 is 1.53 bits per heavy atom. The van der Waals surface area contributed by atoms with Gasteiger partial charge in [0.15, 0.2) is 5.56 Å². The van der Waals surface area contributed by atoms with E-state index in [0.717, 1.165) is 6.20 Å². The van der Waals surface area contributed by atoms with Gasteiger partial charge in [-0.3, -0.25) is 15.1 Å². The number of halogens is 4. The Hall–Kier alpha value is -1.37. The zero-order valence-electron chi connectivity index (χ0n) is 7.08. The van der Waals surface area contributed by atoms with Gasteiger partial charge in [0, 0.05) is 12.3 Å². The monoisotopic (exact) mass is 240 g/mol. The van der Waals surface area contributed by atoms with Crippen LogP contribution in [0.2, 0.25) is 0 Å². The third-order valence-corrected chi connectivity index (χ3v) is 1.87. The zero-order valence-corrected chi connectivity index (χ0v) is 7.84. The molecule has 8 heteroatoms. The fraction of sp³-hybridized carbons (Fsp3) is 0.286. The lowest BCUT2D eigenvalue weighted by molar-refractivity contribution is -0.388. The minimum Gasteiger partial charge on any atom is -0.259 e. The number of nitrogens with zero attached hydrogens (tertiary/aromatic N) is 2. The first kappa shape index (κ1) is 11.7. The first-order valence-electron chi connectivity index (χ1n) is 3.63. The quantitative estimate of drug-likeness (QED) is 0.454. The molecule has 15 heavy (non-hydrogen) atoms. The largest absolute Gasteiger partial charge is 0.424 e. The number of alkyl halides is 4. The van der Waals surface area contributed by atoms with Crippen LogP contribution in [-0.4, -0.2) is 9.91 Å². The van der Waals surface area contributed by atoms with Crippen LogP contribution in [0.4, 0.5) is 18.9 Å². The summed E-state index contributed by atoms with van der Waals surface area (Å²) >= 11 is 5.23. The molecule has 0 spiro atoms. The second kappa shape index (κ2) is 4.01. The predicted octanol–water partition coefficient (Wildman–Crippen LogP) is 2.75. The Kier molecular flexibility index (Phi) is 3.13. The van der Waals surface area contributed by atoms with Gasteiger partial charge in [-0.2, -0.15) is 13.2 Å². The number of hydrogen-bond acceptors (Lipinski definition) is 3. The highest BCUT2D eigenvalue weighted by Crippen LogP contribution is 2.37. The molecule has 0 amide bonds. The molecule has 0 radical (unpaired) electrons. The molecule has 82 valence electrons. The third kappa shape index (κ3) is 2.35. The first-order valence-corrected chi connectivity index (χ1v) is 4.16. The van der Waals surface area contributed by atoms with Crippen LogP contribution in [0.3, 0.4) is 0 Å². The van der Waals surface area contributed by atoms with Gasteiger partial charge in [-0.25, -0.2) is 0 Å². The first-order chi connectivity index (χ1) is 6.88. The molecule has 4 nitrogen and oxygen atoms in total. The molecule has 1 heterocycles. The molecule has 0 fully saturated rings. The summed E-state index contributed by atoms with van der Waals surface area (Å²) in [6, 6.07) is 0.693. The van der Waals surface area contributed by atoms with E-state index >= 15 is 0 Å². The number of pyridine rings is 1. The molecule has 1 aromatic heterocycles. The molecule has 0 bridgehead atoms. The second-order valence-electron chi connectivity index (χ2n) is 2.54. The standard InChI is InChI=1S/C7H4ClF3N2O2/c8-3-4-6(7(9,10)11)5(13(14)15)1-2-12-4/h1-2H,3H2. The van der Waals surface area contributed by atoms with Crippen molar-refractivity contribution in [2.45, 2.75) is 12.1 Å². The van der Waals surface area contributed by atoms with E-state index in [1.54, 1.807) is 0 Å². The van der Waals surface area contributed by atoms with Crippen molar-refractivity contribution in [3.8, 4) is 0 Å². The molecule has 0 aromatic carbocycles. The van der Waals surface area contributed by atoms with E-state index in [-0.39, 0.29) is 0 Å². The van der Waals surface area contributed by atoms with Crippen molar-refractivity contribution in [3.05, 3.63) is 33.6 Å². The molecule has 1 aromatic rings. The van der Waals surface area contributed by atoms with E-state index in [2.05, 4.69) is 4.98 Å². The predicted molar refractivity (Wildman–Crippen MR) is 45.5 cm³/mol. The number of nitro groups is 1. The molecule has 0 saturated heterocycles. The summed E-state index contributed by atoms with van der Waals surface area (Å²) in [6.07, 6.45) is -3.91. The van der Waals surface area contributed by atoms with E-state index in [1.165, 1.54) is 0 Å². The maximum Gasteiger partial charge on any atom is 0.424 e. The maximum atomic E-state index is 12.5. The van der Waals surface area contributed by atoms with Crippen molar-refractivity contribution in [3.63, 3.8) is 0 Å². The summed E-state index contributed by atoms with van der Waals surface area (Å²) in [6.45, 7) is 0. The lowest BCUT2D eigenvalue weighted by Crippen LogP contribution is -2.13. The van der Waals surface area contributed by atoms with Crippen LogP contribution < -0.4 is 0 Å². The Bertz CT molecular complexity index is 394. The SMILES string of the molecule is O=[N+]([O-])c1ccnc(CCl)c1C(F)(F)F. The van der Waals surface area contributed by atoms with E-state index in [0.29, 0.717) is 6.07 Å². The molecular formula is C7H4ClF3N2O2. The van der Waals surface area contributed by atoms with Crippen molar-refractivity contribution >= 4 is 17.3 Å². The minimum absolute atomic E-state index is 0.531. The molecule has 0 aliphatic rings. The van der Waals surface area contributed by atoms with Crippen molar-refractivity contribution in [1.82, 2.24) is 4.98 Å². The summed E-state index contributed by atoms with van der Waals surface area (Å²) < 4.78 is 37.4. The molecule has 0 saturated carbocycles. The van der Waals surface area contributed by atoms with Crippen LogP contribution in [0.25, 0.3) is 0 Å². The molecular weight excluding hydrogens is 237 g/mol. The van der Waals surface area contributed by atoms with Crippen LogP contribution in [0.5, 0.6) is 0 Å². The highest BCUT2D eigenvalue weighted by molar-refractivity contribution is 6.17. The zero-order chi connectivity index (χ0) is 11.6. The molecule has 0 unspecified atom stereocenters. The van der Waals surface area contributed by atoms with Gasteiger partial charge in [-0.05, 0) is 0 Å². The number of aromatic nitrogens is 1. The van der Waals surface area contributed by atoms with Gasteiger partial charge < -0.3 is 0 Å². The van der Waals surface area contributed by atoms with Crippen LogP contribution in [0, 0.1) is 10.1 Å². The van der Waals surface area contributed by atoms with Gasteiger partial charge in [0.1, 0.15) is 0 Å². The van der Waals surface area contributed by atoms with E-state index in [1.807, 2.05) is 0 Å². The molecule has 1 rings (SSSR count). The summed E-state index contributed by atoms with van der Waals surface area (Å²) in [5, 5.41) is 10.4.